The van der Waals surface area contributed by atoms with Crippen LogP contribution in [-0.2, 0) is 9.53 Å². The van der Waals surface area contributed by atoms with Gasteiger partial charge in [0.05, 0.1) is 13.7 Å². The normalized spacial score (nSPS) is 14.9. The standard InChI is InChI=1S/C21H25FN2O3S/c1-24(16-6-4-3-5-7-16)12-18(25)23-20-19(21(26)27-2)17(13-28-20)14-8-10-15(22)11-9-14/h8-11,13,16H,3-7,12H2,1-2H3,(H,23,25). The number of amides is 1. The van der Waals surface area contributed by atoms with Crippen molar-refractivity contribution in [3.8, 4) is 11.1 Å². The number of methoxy groups -OCH3 is 1. The van der Waals surface area contributed by atoms with Gasteiger partial charge in [-0.3, -0.25) is 9.69 Å². The van der Waals surface area contributed by atoms with Gasteiger partial charge in [0.1, 0.15) is 16.4 Å². The first-order chi connectivity index (χ1) is 13.5. The molecule has 1 aliphatic carbocycles. The number of hydrogen-bond donors (Lipinski definition) is 1. The van der Waals surface area contributed by atoms with Crippen molar-refractivity contribution in [2.75, 3.05) is 26.0 Å². The number of thiophene rings is 1. The van der Waals surface area contributed by atoms with Gasteiger partial charge >= 0.3 is 5.97 Å². The second-order valence-electron chi connectivity index (χ2n) is 7.11. The lowest BCUT2D eigenvalue weighted by molar-refractivity contribution is -0.117. The molecule has 2 aromatic rings. The number of carbonyl (C=O) groups is 2. The molecule has 5 nitrogen and oxygen atoms in total. The van der Waals surface area contributed by atoms with E-state index in [2.05, 4.69) is 10.2 Å². The summed E-state index contributed by atoms with van der Waals surface area (Å²) >= 11 is 1.26. The summed E-state index contributed by atoms with van der Waals surface area (Å²) in [6.45, 7) is 0.273. The highest BCUT2D eigenvalue weighted by Crippen LogP contribution is 2.36. The van der Waals surface area contributed by atoms with Crippen LogP contribution < -0.4 is 5.32 Å². The molecule has 1 aliphatic rings. The molecule has 0 spiro atoms. The van der Waals surface area contributed by atoms with Gasteiger partial charge in [-0.15, -0.1) is 11.3 Å². The van der Waals surface area contributed by atoms with Gasteiger partial charge in [-0.25, -0.2) is 9.18 Å². The van der Waals surface area contributed by atoms with Crippen LogP contribution in [-0.4, -0.2) is 43.5 Å². The maximum Gasteiger partial charge on any atom is 0.341 e. The van der Waals surface area contributed by atoms with Crippen molar-refractivity contribution in [1.29, 1.82) is 0 Å². The zero-order valence-electron chi connectivity index (χ0n) is 16.2. The van der Waals surface area contributed by atoms with Gasteiger partial charge in [-0.1, -0.05) is 31.4 Å². The molecule has 0 bridgehead atoms. The number of esters is 1. The van der Waals surface area contributed by atoms with Crippen LogP contribution in [0.1, 0.15) is 42.5 Å². The Hall–Kier alpha value is -2.25. The third-order valence-corrected chi connectivity index (χ3v) is 6.08. The summed E-state index contributed by atoms with van der Waals surface area (Å²) in [4.78, 5) is 27.0. The fourth-order valence-corrected chi connectivity index (χ4v) is 4.61. The van der Waals surface area contributed by atoms with E-state index in [4.69, 9.17) is 4.74 Å². The summed E-state index contributed by atoms with van der Waals surface area (Å²) in [5.41, 5.74) is 1.61. The molecule has 0 unspecified atom stereocenters. The zero-order valence-corrected chi connectivity index (χ0v) is 17.0. The molecule has 0 radical (unpaired) electrons. The molecule has 28 heavy (non-hydrogen) atoms. The SMILES string of the molecule is COC(=O)c1c(-c2ccc(F)cc2)csc1NC(=O)CN(C)C1CCCCC1. The van der Waals surface area contributed by atoms with Crippen LogP contribution in [0.3, 0.4) is 0 Å². The summed E-state index contributed by atoms with van der Waals surface area (Å²) in [7, 11) is 3.27. The Balaban J connectivity index is 1.76. The molecule has 1 aromatic heterocycles. The Morgan fingerprint density at radius 2 is 1.89 bits per heavy atom. The molecule has 7 heteroatoms. The molecular weight excluding hydrogens is 379 g/mol. The lowest BCUT2D eigenvalue weighted by Crippen LogP contribution is -2.39. The van der Waals surface area contributed by atoms with Crippen LogP contribution >= 0.6 is 11.3 Å². The minimum absolute atomic E-state index is 0.161. The number of nitrogens with one attached hydrogen (secondary N) is 1. The smallest absolute Gasteiger partial charge is 0.341 e. The van der Waals surface area contributed by atoms with Crippen molar-refractivity contribution in [2.24, 2.45) is 0 Å². The lowest BCUT2D eigenvalue weighted by atomic mass is 9.94. The lowest BCUT2D eigenvalue weighted by Gasteiger charge is -2.30. The highest BCUT2D eigenvalue weighted by Gasteiger charge is 2.24. The Labute approximate surface area is 168 Å². The molecule has 0 atom stereocenters. The van der Waals surface area contributed by atoms with E-state index in [0.29, 0.717) is 27.7 Å². The Morgan fingerprint density at radius 1 is 1.21 bits per heavy atom. The largest absolute Gasteiger partial charge is 0.465 e. The molecule has 3 rings (SSSR count). The molecular formula is C21H25FN2O3S. The summed E-state index contributed by atoms with van der Waals surface area (Å²) in [6.07, 6.45) is 5.90. The van der Waals surface area contributed by atoms with Crippen LogP contribution in [0.4, 0.5) is 9.39 Å². The van der Waals surface area contributed by atoms with Crippen molar-refractivity contribution in [3.05, 3.63) is 41.0 Å². The van der Waals surface area contributed by atoms with Crippen LogP contribution in [0.15, 0.2) is 29.6 Å². The summed E-state index contributed by atoms with van der Waals surface area (Å²) in [6, 6.07) is 6.31. The van der Waals surface area contributed by atoms with Crippen molar-refractivity contribution >= 4 is 28.2 Å². The fraction of sp³-hybridized carbons (Fsp3) is 0.429. The highest BCUT2D eigenvalue weighted by atomic mass is 32.1. The van der Waals surface area contributed by atoms with Crippen molar-refractivity contribution in [2.45, 2.75) is 38.1 Å². The van der Waals surface area contributed by atoms with Gasteiger partial charge in [-0.05, 0) is 37.6 Å². The van der Waals surface area contributed by atoms with E-state index >= 15 is 0 Å². The molecule has 1 saturated carbocycles. The zero-order chi connectivity index (χ0) is 20.1. The predicted molar refractivity (Wildman–Crippen MR) is 109 cm³/mol. The highest BCUT2D eigenvalue weighted by molar-refractivity contribution is 7.15. The number of nitrogens with zero attached hydrogens (tertiary/aromatic N) is 1. The van der Waals surface area contributed by atoms with E-state index in [-0.39, 0.29) is 18.3 Å². The molecule has 1 aromatic carbocycles. The van der Waals surface area contributed by atoms with E-state index in [1.165, 1.54) is 49.8 Å². The summed E-state index contributed by atoms with van der Waals surface area (Å²) < 4.78 is 18.1. The average Bonchev–Trinajstić information content (AvgIpc) is 3.11. The molecule has 1 amide bonds. The van der Waals surface area contributed by atoms with Gasteiger partial charge < -0.3 is 10.1 Å². The number of benzene rings is 1. The monoisotopic (exact) mass is 404 g/mol. The number of halogens is 1. The number of anilines is 1. The fourth-order valence-electron chi connectivity index (χ4n) is 3.64. The predicted octanol–water partition coefficient (Wildman–Crippen LogP) is 4.54. The van der Waals surface area contributed by atoms with E-state index in [1.807, 2.05) is 7.05 Å². The van der Waals surface area contributed by atoms with E-state index in [9.17, 15) is 14.0 Å². The van der Waals surface area contributed by atoms with Gasteiger partial charge in [0.15, 0.2) is 0 Å². The van der Waals surface area contributed by atoms with E-state index in [0.717, 1.165) is 12.8 Å². The number of hydrogen-bond acceptors (Lipinski definition) is 5. The van der Waals surface area contributed by atoms with E-state index in [1.54, 1.807) is 17.5 Å². The molecule has 1 N–H and O–H groups in total. The van der Waals surface area contributed by atoms with E-state index < -0.39 is 5.97 Å². The third kappa shape index (κ3) is 4.77. The Morgan fingerprint density at radius 3 is 2.54 bits per heavy atom. The van der Waals surface area contributed by atoms with Crippen LogP contribution in [0.25, 0.3) is 11.1 Å². The van der Waals surface area contributed by atoms with Crippen LogP contribution in [0.2, 0.25) is 0 Å². The van der Waals surface area contributed by atoms with Crippen molar-refractivity contribution in [1.82, 2.24) is 4.90 Å². The number of ether oxygens (including phenoxy) is 1. The summed E-state index contributed by atoms with van der Waals surface area (Å²) in [5, 5.41) is 5.09. The molecule has 0 saturated heterocycles. The van der Waals surface area contributed by atoms with Gasteiger partial charge in [0.2, 0.25) is 5.91 Å². The Kier molecular flexibility index (Phi) is 6.80. The first-order valence-corrected chi connectivity index (χ1v) is 10.3. The van der Waals surface area contributed by atoms with Gasteiger partial charge in [0, 0.05) is 17.0 Å². The maximum atomic E-state index is 13.2. The van der Waals surface area contributed by atoms with Crippen molar-refractivity contribution in [3.63, 3.8) is 0 Å². The topological polar surface area (TPSA) is 58.6 Å². The number of rotatable bonds is 6. The first-order valence-electron chi connectivity index (χ1n) is 9.45. The van der Waals surface area contributed by atoms with Gasteiger partial charge in [-0.2, -0.15) is 0 Å². The van der Waals surface area contributed by atoms with Crippen LogP contribution in [0, 0.1) is 5.82 Å². The molecule has 1 fully saturated rings. The minimum Gasteiger partial charge on any atom is -0.465 e. The molecule has 0 aliphatic heterocycles. The average molecular weight is 405 g/mol. The summed E-state index contributed by atoms with van der Waals surface area (Å²) in [5.74, 6) is -1.04. The number of likely N-dealkylation sites (N-methyl/N-ethyl adjacent to an activating group) is 1. The molecule has 1 heterocycles. The maximum absolute atomic E-state index is 13.2. The second-order valence-corrected chi connectivity index (χ2v) is 7.99. The second kappa shape index (κ2) is 9.30. The quantitative estimate of drug-likeness (QED) is 0.718. The van der Waals surface area contributed by atoms with Crippen LogP contribution in [0.5, 0.6) is 0 Å². The first kappa shape index (κ1) is 20.5. The third-order valence-electron chi connectivity index (χ3n) is 5.18. The number of carbonyl (C=O) groups excluding carboxylic acids is 2. The molecule has 150 valence electrons. The minimum atomic E-state index is -0.531. The Bertz CT molecular complexity index is 829. The van der Waals surface area contributed by atoms with Crippen molar-refractivity contribution < 1.29 is 18.7 Å². The van der Waals surface area contributed by atoms with Gasteiger partial charge in [0.25, 0.3) is 0 Å².